The summed E-state index contributed by atoms with van der Waals surface area (Å²) in [4.78, 5) is 0. The zero-order valence-corrected chi connectivity index (χ0v) is 6.41. The molecule has 2 heteroatoms. The SMILES string of the molecule is S=CC1CCCCCN1. The lowest BCUT2D eigenvalue weighted by molar-refractivity contribution is 0.638. The van der Waals surface area contributed by atoms with Crippen LogP contribution in [0.3, 0.4) is 0 Å². The van der Waals surface area contributed by atoms with E-state index < -0.39 is 0 Å². The lowest BCUT2D eigenvalue weighted by atomic mass is 10.1. The Morgan fingerprint density at radius 3 is 3.00 bits per heavy atom. The average molecular weight is 143 g/mol. The van der Waals surface area contributed by atoms with Gasteiger partial charge in [-0.15, -0.1) is 0 Å². The molecule has 1 aliphatic heterocycles. The van der Waals surface area contributed by atoms with Gasteiger partial charge in [-0.3, -0.25) is 0 Å². The predicted molar refractivity (Wildman–Crippen MR) is 43.9 cm³/mol. The zero-order chi connectivity index (χ0) is 6.53. The second-order valence-electron chi connectivity index (χ2n) is 2.55. The first kappa shape index (κ1) is 7.16. The van der Waals surface area contributed by atoms with E-state index in [1.807, 2.05) is 5.37 Å². The molecular weight excluding hydrogens is 130 g/mol. The number of hydrogen-bond donors (Lipinski definition) is 1. The molecule has 9 heavy (non-hydrogen) atoms. The predicted octanol–water partition coefficient (Wildman–Crippen LogP) is 1.52. The molecule has 1 N–H and O–H groups in total. The van der Waals surface area contributed by atoms with E-state index in [-0.39, 0.29) is 0 Å². The second-order valence-corrected chi connectivity index (χ2v) is 2.82. The fourth-order valence-electron chi connectivity index (χ4n) is 1.17. The van der Waals surface area contributed by atoms with Gasteiger partial charge >= 0.3 is 0 Å². The quantitative estimate of drug-likeness (QED) is 0.558. The lowest BCUT2D eigenvalue weighted by Gasteiger charge is -2.06. The molecule has 0 aromatic rings. The van der Waals surface area contributed by atoms with E-state index in [4.69, 9.17) is 12.2 Å². The molecule has 1 saturated heterocycles. The lowest BCUT2D eigenvalue weighted by Crippen LogP contribution is -2.28. The molecule has 1 rings (SSSR count). The van der Waals surface area contributed by atoms with Crippen molar-refractivity contribution in [1.82, 2.24) is 5.32 Å². The highest BCUT2D eigenvalue weighted by Gasteiger charge is 2.06. The van der Waals surface area contributed by atoms with Gasteiger partial charge in [-0.25, -0.2) is 0 Å². The maximum absolute atomic E-state index is 4.84. The van der Waals surface area contributed by atoms with Gasteiger partial charge in [0.05, 0.1) is 0 Å². The van der Waals surface area contributed by atoms with Gasteiger partial charge in [0.15, 0.2) is 0 Å². The first-order chi connectivity index (χ1) is 4.43. The minimum Gasteiger partial charge on any atom is -0.310 e. The Morgan fingerprint density at radius 1 is 1.33 bits per heavy atom. The summed E-state index contributed by atoms with van der Waals surface area (Å²) in [7, 11) is 0. The molecular formula is C7H13NS. The van der Waals surface area contributed by atoms with Crippen LogP contribution in [-0.2, 0) is 0 Å². The third-order valence-corrected chi connectivity index (χ3v) is 2.09. The zero-order valence-electron chi connectivity index (χ0n) is 5.60. The van der Waals surface area contributed by atoms with Crippen molar-refractivity contribution in [2.24, 2.45) is 0 Å². The van der Waals surface area contributed by atoms with Gasteiger partial charge in [-0.2, -0.15) is 0 Å². The van der Waals surface area contributed by atoms with Crippen molar-refractivity contribution in [3.8, 4) is 0 Å². The molecule has 52 valence electrons. The van der Waals surface area contributed by atoms with E-state index in [2.05, 4.69) is 5.32 Å². The minimum atomic E-state index is 0.516. The Morgan fingerprint density at radius 2 is 2.22 bits per heavy atom. The molecule has 1 unspecified atom stereocenters. The highest BCUT2D eigenvalue weighted by molar-refractivity contribution is 7.79. The van der Waals surface area contributed by atoms with Gasteiger partial charge in [0, 0.05) is 6.04 Å². The normalized spacial score (nSPS) is 29.1. The summed E-state index contributed by atoms with van der Waals surface area (Å²) in [6.07, 6.45) is 5.26. The Bertz CT molecular complexity index is 84.9. The summed E-state index contributed by atoms with van der Waals surface area (Å²) in [5.74, 6) is 0. The fraction of sp³-hybridized carbons (Fsp3) is 0.857. The van der Waals surface area contributed by atoms with Crippen molar-refractivity contribution >= 4 is 17.6 Å². The van der Waals surface area contributed by atoms with Crippen molar-refractivity contribution < 1.29 is 0 Å². The van der Waals surface area contributed by atoms with Crippen molar-refractivity contribution in [2.75, 3.05) is 6.54 Å². The first-order valence-corrected chi connectivity index (χ1v) is 4.09. The van der Waals surface area contributed by atoms with Gasteiger partial charge < -0.3 is 5.32 Å². The van der Waals surface area contributed by atoms with Crippen LogP contribution >= 0.6 is 12.2 Å². The molecule has 0 saturated carbocycles. The van der Waals surface area contributed by atoms with Crippen molar-refractivity contribution in [3.63, 3.8) is 0 Å². The topological polar surface area (TPSA) is 12.0 Å². The minimum absolute atomic E-state index is 0.516. The Hall–Kier alpha value is 0.0500. The monoisotopic (exact) mass is 143 g/mol. The van der Waals surface area contributed by atoms with Gasteiger partial charge in [0.1, 0.15) is 0 Å². The summed E-state index contributed by atoms with van der Waals surface area (Å²) >= 11 is 4.84. The van der Waals surface area contributed by atoms with Gasteiger partial charge in [-0.05, 0) is 24.8 Å². The largest absolute Gasteiger partial charge is 0.310 e. The molecule has 0 bridgehead atoms. The van der Waals surface area contributed by atoms with Crippen LogP contribution in [0.15, 0.2) is 0 Å². The second kappa shape index (κ2) is 3.96. The van der Waals surface area contributed by atoms with Crippen LogP contribution in [-0.4, -0.2) is 18.0 Å². The third-order valence-electron chi connectivity index (χ3n) is 1.76. The van der Waals surface area contributed by atoms with Crippen LogP contribution < -0.4 is 5.32 Å². The van der Waals surface area contributed by atoms with Crippen LogP contribution in [0.4, 0.5) is 0 Å². The number of rotatable bonds is 1. The van der Waals surface area contributed by atoms with Crippen LogP contribution in [0, 0.1) is 0 Å². The Labute approximate surface area is 61.8 Å². The van der Waals surface area contributed by atoms with Gasteiger partial charge in [0.2, 0.25) is 0 Å². The molecule has 1 nitrogen and oxygen atoms in total. The Balaban J connectivity index is 2.26. The van der Waals surface area contributed by atoms with Crippen molar-refractivity contribution in [1.29, 1.82) is 0 Å². The number of nitrogens with one attached hydrogen (secondary N) is 1. The van der Waals surface area contributed by atoms with Gasteiger partial charge in [-0.1, -0.05) is 25.1 Å². The van der Waals surface area contributed by atoms with Gasteiger partial charge in [0.25, 0.3) is 0 Å². The summed E-state index contributed by atoms with van der Waals surface area (Å²) in [6, 6.07) is 0.516. The highest BCUT2D eigenvalue weighted by atomic mass is 32.1. The van der Waals surface area contributed by atoms with Crippen LogP contribution in [0.1, 0.15) is 25.7 Å². The molecule has 1 fully saturated rings. The van der Waals surface area contributed by atoms with Crippen molar-refractivity contribution in [2.45, 2.75) is 31.7 Å². The van der Waals surface area contributed by atoms with E-state index in [9.17, 15) is 0 Å². The fourth-order valence-corrected chi connectivity index (χ4v) is 1.40. The third kappa shape index (κ3) is 2.41. The summed E-state index contributed by atoms with van der Waals surface area (Å²) in [5, 5.41) is 5.22. The molecule has 0 aromatic heterocycles. The standard InChI is InChI=1S/C7H13NS/c9-6-7-4-2-1-3-5-8-7/h6-8H,1-5H2. The van der Waals surface area contributed by atoms with E-state index in [1.165, 1.54) is 25.7 Å². The smallest absolute Gasteiger partial charge is 0.0353 e. The maximum atomic E-state index is 4.84. The summed E-state index contributed by atoms with van der Waals surface area (Å²) in [5.41, 5.74) is 0. The summed E-state index contributed by atoms with van der Waals surface area (Å²) < 4.78 is 0. The van der Waals surface area contributed by atoms with E-state index in [0.29, 0.717) is 6.04 Å². The Kier molecular flexibility index (Phi) is 3.15. The molecule has 1 heterocycles. The molecule has 1 atom stereocenters. The van der Waals surface area contributed by atoms with Crippen LogP contribution in [0.25, 0.3) is 0 Å². The van der Waals surface area contributed by atoms with Crippen molar-refractivity contribution in [3.05, 3.63) is 0 Å². The van der Waals surface area contributed by atoms with Crippen LogP contribution in [0.2, 0.25) is 0 Å². The van der Waals surface area contributed by atoms with E-state index >= 15 is 0 Å². The number of thiocarbonyl (C=S) groups is 1. The average Bonchev–Trinajstić information content (AvgIpc) is 2.13. The molecule has 0 aromatic carbocycles. The van der Waals surface area contributed by atoms with Crippen LogP contribution in [0.5, 0.6) is 0 Å². The molecule has 0 radical (unpaired) electrons. The maximum Gasteiger partial charge on any atom is 0.0353 e. The first-order valence-electron chi connectivity index (χ1n) is 3.62. The summed E-state index contributed by atoms with van der Waals surface area (Å²) in [6.45, 7) is 1.15. The number of hydrogen-bond acceptors (Lipinski definition) is 2. The molecule has 0 spiro atoms. The molecule has 0 amide bonds. The highest BCUT2D eigenvalue weighted by Crippen LogP contribution is 2.06. The molecule has 0 aliphatic carbocycles. The van der Waals surface area contributed by atoms with E-state index in [1.54, 1.807) is 0 Å². The van der Waals surface area contributed by atoms with E-state index in [0.717, 1.165) is 6.54 Å². The molecule has 1 aliphatic rings.